The number of nitrogens with zero attached hydrogens (tertiary/aromatic N) is 1. The molecule has 5 atom stereocenters. The van der Waals surface area contributed by atoms with E-state index < -0.39 is 42.1 Å². The monoisotopic (exact) mass is 583 g/mol. The van der Waals surface area contributed by atoms with Gasteiger partial charge in [0.15, 0.2) is 0 Å². The fourth-order valence-corrected chi connectivity index (χ4v) is 6.07. The van der Waals surface area contributed by atoms with Gasteiger partial charge in [-0.05, 0) is 36.2 Å². The third-order valence-corrected chi connectivity index (χ3v) is 8.62. The van der Waals surface area contributed by atoms with Gasteiger partial charge >= 0.3 is 6.09 Å². The second kappa shape index (κ2) is 16.9. The number of imidazole rings is 1. The first kappa shape index (κ1) is 33.1. The van der Waals surface area contributed by atoms with Crippen LogP contribution in [0.3, 0.4) is 0 Å². The summed E-state index contributed by atoms with van der Waals surface area (Å²) < 4.78 is 0. The van der Waals surface area contributed by atoms with Gasteiger partial charge in [0, 0.05) is 24.7 Å². The van der Waals surface area contributed by atoms with Crippen molar-refractivity contribution < 1.29 is 24.6 Å². The van der Waals surface area contributed by atoms with Crippen molar-refractivity contribution in [2.24, 2.45) is 17.8 Å². The van der Waals surface area contributed by atoms with Gasteiger partial charge in [0.2, 0.25) is 11.8 Å². The first-order valence-corrected chi connectivity index (χ1v) is 15.5. The number of amides is 3. The summed E-state index contributed by atoms with van der Waals surface area (Å²) in [5.74, 6) is 0.146. The Bertz CT molecular complexity index is 1090. The normalized spacial score (nSPS) is 17.5. The molecule has 1 aromatic carbocycles. The molecule has 0 radical (unpaired) electrons. The number of nitrogens with one attached hydrogen (secondary N) is 4. The fourth-order valence-electron chi connectivity index (χ4n) is 6.07. The van der Waals surface area contributed by atoms with E-state index >= 15 is 0 Å². The van der Waals surface area contributed by atoms with Crippen molar-refractivity contribution in [3.8, 4) is 0 Å². The Kier molecular flexibility index (Phi) is 13.3. The number of H-pyrrole nitrogens is 1. The second-order valence-electron chi connectivity index (χ2n) is 12.1. The van der Waals surface area contributed by atoms with Crippen LogP contribution in [-0.4, -0.2) is 62.3 Å². The molecule has 232 valence electrons. The van der Waals surface area contributed by atoms with E-state index in [9.17, 15) is 24.6 Å². The van der Waals surface area contributed by atoms with Crippen LogP contribution in [0.15, 0.2) is 42.9 Å². The summed E-state index contributed by atoms with van der Waals surface area (Å²) in [6.45, 7) is 6.43. The standard InChI is InChI=1S/C32H49N5O5/c1-4-24(21(2)3)17-29(38)26(15-22-11-7-5-8-12-22)35-31(40)28(18-25-19-33-20-34-25)36-30(39)27(37-32(41)42)16-23-13-9-6-10-14-23/h6,9-10,13-14,19-22,24,26-29,37-38H,4-5,7-8,11-12,15-18H2,1-3H3,(H,33,34)(H,35,40)(H,36,39)(H,41,42)/t24-,26-,27-,28-,29+/m0/s1. The number of aromatic amines is 1. The molecule has 0 unspecified atom stereocenters. The Morgan fingerprint density at radius 1 is 0.976 bits per heavy atom. The molecule has 1 fully saturated rings. The third-order valence-electron chi connectivity index (χ3n) is 8.62. The molecule has 1 aliphatic carbocycles. The van der Waals surface area contributed by atoms with Gasteiger partial charge in [0.25, 0.3) is 0 Å². The van der Waals surface area contributed by atoms with Crippen LogP contribution >= 0.6 is 0 Å². The molecule has 10 nitrogen and oxygen atoms in total. The van der Waals surface area contributed by atoms with Crippen molar-refractivity contribution in [3.63, 3.8) is 0 Å². The Labute approximate surface area is 249 Å². The highest BCUT2D eigenvalue weighted by Gasteiger charge is 2.33. The maximum Gasteiger partial charge on any atom is 0.405 e. The summed E-state index contributed by atoms with van der Waals surface area (Å²) in [4.78, 5) is 45.8. The molecule has 0 aliphatic heterocycles. The molecule has 3 rings (SSSR count). The number of hydrogen-bond acceptors (Lipinski definition) is 5. The molecule has 0 saturated heterocycles. The summed E-state index contributed by atoms with van der Waals surface area (Å²) >= 11 is 0. The van der Waals surface area contributed by atoms with E-state index in [4.69, 9.17) is 0 Å². The number of carbonyl (C=O) groups excluding carboxylic acids is 2. The van der Waals surface area contributed by atoms with Crippen LogP contribution in [0, 0.1) is 17.8 Å². The van der Waals surface area contributed by atoms with Gasteiger partial charge in [-0.15, -0.1) is 0 Å². The van der Waals surface area contributed by atoms with E-state index in [1.807, 2.05) is 30.3 Å². The predicted molar refractivity (Wildman–Crippen MR) is 162 cm³/mol. The summed E-state index contributed by atoms with van der Waals surface area (Å²) in [5, 5.41) is 29.0. The molecule has 0 bridgehead atoms. The highest BCUT2D eigenvalue weighted by atomic mass is 16.4. The molecule has 10 heteroatoms. The van der Waals surface area contributed by atoms with Gasteiger partial charge in [0.05, 0.1) is 18.5 Å². The smallest absolute Gasteiger partial charge is 0.405 e. The van der Waals surface area contributed by atoms with E-state index in [0.717, 1.165) is 37.7 Å². The minimum Gasteiger partial charge on any atom is -0.465 e. The van der Waals surface area contributed by atoms with Gasteiger partial charge < -0.3 is 31.1 Å². The minimum absolute atomic E-state index is 0.133. The Balaban J connectivity index is 1.80. The van der Waals surface area contributed by atoms with Crippen LogP contribution in [-0.2, 0) is 22.4 Å². The first-order valence-electron chi connectivity index (χ1n) is 15.5. The lowest BCUT2D eigenvalue weighted by Gasteiger charge is -2.33. The number of hydrogen-bond donors (Lipinski definition) is 6. The molecular weight excluding hydrogens is 534 g/mol. The quantitative estimate of drug-likeness (QED) is 0.174. The summed E-state index contributed by atoms with van der Waals surface area (Å²) in [6.07, 6.45) is 9.22. The first-order chi connectivity index (χ1) is 20.2. The summed E-state index contributed by atoms with van der Waals surface area (Å²) in [5.41, 5.74) is 1.43. The second-order valence-corrected chi connectivity index (χ2v) is 12.1. The van der Waals surface area contributed by atoms with Crippen molar-refractivity contribution in [3.05, 3.63) is 54.1 Å². The number of aliphatic hydroxyl groups is 1. The third kappa shape index (κ3) is 10.8. The number of aromatic nitrogens is 2. The van der Waals surface area contributed by atoms with Crippen molar-refractivity contribution in [1.82, 2.24) is 25.9 Å². The van der Waals surface area contributed by atoms with Gasteiger partial charge in [-0.1, -0.05) is 89.6 Å². The van der Waals surface area contributed by atoms with E-state index in [0.29, 0.717) is 36.3 Å². The Hall–Kier alpha value is -3.40. The number of aliphatic hydroxyl groups excluding tert-OH is 1. The maximum absolute atomic E-state index is 13.8. The molecule has 6 N–H and O–H groups in total. The molecule has 1 aromatic heterocycles. The molecule has 2 aromatic rings. The molecule has 42 heavy (non-hydrogen) atoms. The Morgan fingerprint density at radius 2 is 1.64 bits per heavy atom. The molecule has 1 aliphatic rings. The van der Waals surface area contributed by atoms with Gasteiger partial charge in [0.1, 0.15) is 12.1 Å². The minimum atomic E-state index is -1.33. The molecule has 3 amide bonds. The van der Waals surface area contributed by atoms with E-state index in [1.165, 1.54) is 12.7 Å². The summed E-state index contributed by atoms with van der Waals surface area (Å²) in [6, 6.07) is 6.57. The number of rotatable bonds is 16. The highest BCUT2D eigenvalue weighted by Crippen LogP contribution is 2.30. The van der Waals surface area contributed by atoms with Crippen molar-refractivity contribution in [2.75, 3.05) is 0 Å². The number of benzene rings is 1. The molecule has 1 saturated carbocycles. The topological polar surface area (TPSA) is 156 Å². The molecule has 1 heterocycles. The SMILES string of the molecule is CC[C@@H](C[C@@H](O)[C@H](CC1CCCCC1)NC(=O)[C@H](Cc1cnc[nH]1)NC(=O)[C@H](Cc1ccccc1)NC(=O)O)C(C)C. The predicted octanol–water partition coefficient (Wildman–Crippen LogP) is 4.20. The average Bonchev–Trinajstić information content (AvgIpc) is 3.48. The zero-order valence-electron chi connectivity index (χ0n) is 25.2. The van der Waals surface area contributed by atoms with E-state index in [1.54, 1.807) is 6.20 Å². The van der Waals surface area contributed by atoms with Crippen LogP contribution in [0.5, 0.6) is 0 Å². The Morgan fingerprint density at radius 3 is 2.24 bits per heavy atom. The van der Waals surface area contributed by atoms with Gasteiger partial charge in [-0.25, -0.2) is 9.78 Å². The van der Waals surface area contributed by atoms with Gasteiger partial charge in [-0.2, -0.15) is 0 Å². The largest absolute Gasteiger partial charge is 0.465 e. The average molecular weight is 584 g/mol. The van der Waals surface area contributed by atoms with Gasteiger partial charge in [-0.3, -0.25) is 9.59 Å². The fraction of sp³-hybridized carbons (Fsp3) is 0.625. The number of carboxylic acid groups (broad SMARTS) is 1. The lowest BCUT2D eigenvalue weighted by Crippen LogP contribution is -2.57. The molecular formula is C32H49N5O5. The van der Waals surface area contributed by atoms with Crippen LogP contribution in [0.4, 0.5) is 4.79 Å². The van der Waals surface area contributed by atoms with Crippen LogP contribution in [0.1, 0.15) is 83.4 Å². The zero-order valence-corrected chi connectivity index (χ0v) is 25.2. The van der Waals surface area contributed by atoms with Crippen LogP contribution < -0.4 is 16.0 Å². The molecule has 0 spiro atoms. The van der Waals surface area contributed by atoms with E-state index in [2.05, 4.69) is 46.7 Å². The van der Waals surface area contributed by atoms with Crippen LogP contribution in [0.2, 0.25) is 0 Å². The van der Waals surface area contributed by atoms with Crippen molar-refractivity contribution in [2.45, 2.75) is 109 Å². The van der Waals surface area contributed by atoms with E-state index in [-0.39, 0.29) is 12.8 Å². The summed E-state index contributed by atoms with van der Waals surface area (Å²) in [7, 11) is 0. The van der Waals surface area contributed by atoms with Crippen molar-refractivity contribution >= 4 is 17.9 Å². The number of carbonyl (C=O) groups is 3. The van der Waals surface area contributed by atoms with Crippen LogP contribution in [0.25, 0.3) is 0 Å². The zero-order chi connectivity index (χ0) is 30.5. The lowest BCUT2D eigenvalue weighted by atomic mass is 9.80. The lowest BCUT2D eigenvalue weighted by molar-refractivity contribution is -0.131. The highest BCUT2D eigenvalue weighted by molar-refractivity contribution is 5.91. The van der Waals surface area contributed by atoms with Crippen molar-refractivity contribution in [1.29, 1.82) is 0 Å². The maximum atomic E-state index is 13.8.